The largest absolute Gasteiger partial charge is 0.493 e. The molecule has 2 aromatic rings. The van der Waals surface area contributed by atoms with Gasteiger partial charge < -0.3 is 9.72 Å². The summed E-state index contributed by atoms with van der Waals surface area (Å²) >= 11 is 0. The molecule has 21 heavy (non-hydrogen) atoms. The average Bonchev–Trinajstić information content (AvgIpc) is 2.87. The Kier molecular flexibility index (Phi) is 5.24. The zero-order valence-corrected chi connectivity index (χ0v) is 12.5. The summed E-state index contributed by atoms with van der Waals surface area (Å²) in [7, 11) is 0. The summed E-state index contributed by atoms with van der Waals surface area (Å²) in [4.78, 5) is 7.70. The van der Waals surface area contributed by atoms with Crippen LogP contribution in [0.3, 0.4) is 0 Å². The lowest BCUT2D eigenvalue weighted by Crippen LogP contribution is -2.11. The van der Waals surface area contributed by atoms with Gasteiger partial charge in [-0.25, -0.2) is 4.98 Å². The van der Waals surface area contributed by atoms with Crippen LogP contribution in [-0.4, -0.2) is 16.6 Å². The van der Waals surface area contributed by atoms with Crippen molar-refractivity contribution in [2.24, 2.45) is 0 Å². The number of halogens is 1. The number of nitrogens with one attached hydrogen (secondary N) is 1. The first-order valence-electron chi connectivity index (χ1n) is 7.02. The first-order chi connectivity index (χ1) is 9.86. The molecule has 0 saturated heterocycles. The molecule has 0 fully saturated rings. The van der Waals surface area contributed by atoms with E-state index in [0.29, 0.717) is 18.1 Å². The number of nitriles is 1. The number of hydrogen-bond donors (Lipinski definition) is 1. The van der Waals surface area contributed by atoms with Crippen molar-refractivity contribution in [3.8, 4) is 11.8 Å². The molecule has 1 aromatic carbocycles. The molecule has 5 heteroatoms. The van der Waals surface area contributed by atoms with Crippen LogP contribution in [0.4, 0.5) is 0 Å². The van der Waals surface area contributed by atoms with Crippen molar-refractivity contribution < 1.29 is 4.74 Å². The summed E-state index contributed by atoms with van der Waals surface area (Å²) in [5.74, 6) is 1.17. The maximum absolute atomic E-state index is 8.78. The molecule has 0 saturated carbocycles. The molecule has 0 aliphatic heterocycles. The van der Waals surface area contributed by atoms with E-state index in [1.807, 2.05) is 12.1 Å². The molecule has 1 aliphatic rings. The zero-order chi connectivity index (χ0) is 13.8. The van der Waals surface area contributed by atoms with Gasteiger partial charge in [0.1, 0.15) is 5.75 Å². The van der Waals surface area contributed by atoms with Crippen molar-refractivity contribution >= 4 is 12.4 Å². The third-order valence-electron chi connectivity index (χ3n) is 3.80. The van der Waals surface area contributed by atoms with Crippen LogP contribution in [0.1, 0.15) is 42.1 Å². The van der Waals surface area contributed by atoms with Crippen LogP contribution >= 0.6 is 12.4 Å². The second kappa shape index (κ2) is 7.14. The molecule has 3 rings (SSSR count). The first-order valence-corrected chi connectivity index (χ1v) is 7.02. The lowest BCUT2D eigenvalue weighted by atomic mass is 10.0. The van der Waals surface area contributed by atoms with Crippen LogP contribution in [0.25, 0.3) is 0 Å². The van der Waals surface area contributed by atoms with Crippen molar-refractivity contribution in [3.63, 3.8) is 0 Å². The number of H-pyrrole nitrogens is 1. The van der Waals surface area contributed by atoms with E-state index < -0.39 is 0 Å². The van der Waals surface area contributed by atoms with E-state index in [1.54, 1.807) is 18.5 Å². The number of fused-ring (bicyclic) bond motifs is 1. The van der Waals surface area contributed by atoms with Gasteiger partial charge in [-0.15, -0.1) is 12.4 Å². The van der Waals surface area contributed by atoms with Crippen molar-refractivity contribution in [2.45, 2.75) is 31.6 Å². The molecule has 0 radical (unpaired) electrons. The number of nitrogens with zero attached hydrogens (tertiary/aromatic N) is 2. The van der Waals surface area contributed by atoms with Gasteiger partial charge in [-0.05, 0) is 43.5 Å². The smallest absolute Gasteiger partial charge is 0.119 e. The third kappa shape index (κ3) is 3.56. The lowest BCUT2D eigenvalue weighted by molar-refractivity contribution is 0.278. The highest BCUT2D eigenvalue weighted by molar-refractivity contribution is 5.85. The standard InChI is InChI=1S/C16H17N3O.ClH/c17-9-12-5-7-14(8-6-12)20-10-13-3-1-2-4-15-16(13)19-11-18-15;/h5-8,11,13H,1-4,10H2,(H,18,19);1H. The third-order valence-corrected chi connectivity index (χ3v) is 3.80. The van der Waals surface area contributed by atoms with Gasteiger partial charge in [0.15, 0.2) is 0 Å². The molecule has 0 bridgehead atoms. The summed E-state index contributed by atoms with van der Waals surface area (Å²) in [5, 5.41) is 8.78. The van der Waals surface area contributed by atoms with E-state index in [2.05, 4.69) is 16.0 Å². The molecular formula is C16H18ClN3O. The van der Waals surface area contributed by atoms with Gasteiger partial charge in [-0.3, -0.25) is 0 Å². The van der Waals surface area contributed by atoms with E-state index in [0.717, 1.165) is 24.3 Å². The van der Waals surface area contributed by atoms with Crippen LogP contribution in [0, 0.1) is 11.3 Å². The summed E-state index contributed by atoms with van der Waals surface area (Å²) in [6.07, 6.45) is 6.41. The molecule has 1 aliphatic carbocycles. The summed E-state index contributed by atoms with van der Waals surface area (Å²) in [6.45, 7) is 0.643. The van der Waals surface area contributed by atoms with Gasteiger partial charge >= 0.3 is 0 Å². The van der Waals surface area contributed by atoms with Crippen molar-refractivity contribution in [1.82, 2.24) is 9.97 Å². The molecule has 0 amide bonds. The summed E-state index contributed by atoms with van der Waals surface area (Å²) in [5.41, 5.74) is 3.08. The number of imidazole rings is 1. The minimum atomic E-state index is 0. The Balaban J connectivity index is 0.00000161. The van der Waals surface area contributed by atoms with Gasteiger partial charge in [0.05, 0.1) is 30.3 Å². The first kappa shape index (κ1) is 15.4. The molecule has 1 N–H and O–H groups in total. The Bertz CT molecular complexity index is 615. The Hall–Kier alpha value is -1.99. The lowest BCUT2D eigenvalue weighted by Gasteiger charge is -2.15. The quantitative estimate of drug-likeness (QED) is 0.881. The van der Waals surface area contributed by atoms with E-state index in [4.69, 9.17) is 10.00 Å². The van der Waals surface area contributed by atoms with Crippen LogP contribution in [0.2, 0.25) is 0 Å². The van der Waals surface area contributed by atoms with Gasteiger partial charge in [0, 0.05) is 11.6 Å². The molecule has 1 atom stereocenters. The topological polar surface area (TPSA) is 61.7 Å². The highest BCUT2D eigenvalue weighted by Crippen LogP contribution is 2.28. The Morgan fingerprint density at radius 2 is 2.10 bits per heavy atom. The van der Waals surface area contributed by atoms with Crippen molar-refractivity contribution in [3.05, 3.63) is 47.5 Å². The van der Waals surface area contributed by atoms with E-state index in [9.17, 15) is 0 Å². The summed E-state index contributed by atoms with van der Waals surface area (Å²) < 4.78 is 5.86. The van der Waals surface area contributed by atoms with Crippen LogP contribution in [0.15, 0.2) is 30.6 Å². The average molecular weight is 304 g/mol. The van der Waals surface area contributed by atoms with Crippen molar-refractivity contribution in [2.75, 3.05) is 6.61 Å². The van der Waals surface area contributed by atoms with Crippen LogP contribution in [-0.2, 0) is 6.42 Å². The molecule has 1 aromatic heterocycles. The highest BCUT2D eigenvalue weighted by Gasteiger charge is 2.21. The number of hydrogen-bond acceptors (Lipinski definition) is 3. The predicted molar refractivity (Wildman–Crippen MR) is 82.8 cm³/mol. The minimum absolute atomic E-state index is 0. The number of ether oxygens (including phenoxy) is 1. The zero-order valence-electron chi connectivity index (χ0n) is 11.7. The van der Waals surface area contributed by atoms with Crippen LogP contribution in [0.5, 0.6) is 5.75 Å². The molecule has 0 spiro atoms. The predicted octanol–water partition coefficient (Wildman–Crippen LogP) is 3.59. The van der Waals surface area contributed by atoms with Crippen LogP contribution < -0.4 is 4.74 Å². The van der Waals surface area contributed by atoms with Gasteiger partial charge in [-0.1, -0.05) is 6.42 Å². The fourth-order valence-corrected chi connectivity index (χ4v) is 2.70. The fourth-order valence-electron chi connectivity index (χ4n) is 2.70. The molecule has 4 nitrogen and oxygen atoms in total. The molecule has 1 heterocycles. The number of aromatic amines is 1. The summed E-state index contributed by atoms with van der Waals surface area (Å²) in [6, 6.07) is 9.36. The monoisotopic (exact) mass is 303 g/mol. The number of rotatable bonds is 3. The Labute approximate surface area is 130 Å². The van der Waals surface area contributed by atoms with Gasteiger partial charge in [-0.2, -0.15) is 5.26 Å². The second-order valence-corrected chi connectivity index (χ2v) is 5.16. The maximum atomic E-state index is 8.78. The minimum Gasteiger partial charge on any atom is -0.493 e. The van der Waals surface area contributed by atoms with E-state index >= 15 is 0 Å². The molecule has 1 unspecified atom stereocenters. The van der Waals surface area contributed by atoms with Gasteiger partial charge in [0.2, 0.25) is 0 Å². The fraction of sp³-hybridized carbons (Fsp3) is 0.375. The normalized spacial score (nSPS) is 17.0. The SMILES string of the molecule is Cl.N#Cc1ccc(OCC2CCCCc3[nH]cnc32)cc1. The number of aryl methyl sites for hydroxylation is 1. The van der Waals surface area contributed by atoms with E-state index in [-0.39, 0.29) is 12.4 Å². The maximum Gasteiger partial charge on any atom is 0.119 e. The second-order valence-electron chi connectivity index (χ2n) is 5.16. The van der Waals surface area contributed by atoms with Crippen molar-refractivity contribution in [1.29, 1.82) is 5.26 Å². The Morgan fingerprint density at radius 3 is 2.86 bits per heavy atom. The van der Waals surface area contributed by atoms with Gasteiger partial charge in [0.25, 0.3) is 0 Å². The Morgan fingerprint density at radius 1 is 1.29 bits per heavy atom. The molecule has 110 valence electrons. The highest BCUT2D eigenvalue weighted by atomic mass is 35.5. The number of aromatic nitrogens is 2. The molecular weight excluding hydrogens is 286 g/mol. The number of benzene rings is 1. The van der Waals surface area contributed by atoms with E-state index in [1.165, 1.54) is 18.5 Å².